The van der Waals surface area contributed by atoms with Crippen LogP contribution < -0.4 is 0 Å². The van der Waals surface area contributed by atoms with Gasteiger partial charge in [0.15, 0.2) is 5.69 Å². The first kappa shape index (κ1) is 11.0. The van der Waals surface area contributed by atoms with Crippen LogP contribution in [0.5, 0.6) is 0 Å². The first-order valence-corrected chi connectivity index (χ1v) is 4.98. The van der Waals surface area contributed by atoms with Gasteiger partial charge in [0.25, 0.3) is 0 Å². The van der Waals surface area contributed by atoms with Crippen molar-refractivity contribution < 1.29 is 14.3 Å². The maximum atomic E-state index is 10.6. The standard InChI is InChI=1S/C10H5Cl2NO3/c11-6-3-1-2-5(8(6)12)9-13-7(4-16-9)10(14)15/h1-4H,(H,14,15). The number of carbonyl (C=O) groups is 1. The molecule has 16 heavy (non-hydrogen) atoms. The minimum atomic E-state index is -1.16. The van der Waals surface area contributed by atoms with E-state index in [4.69, 9.17) is 32.7 Å². The van der Waals surface area contributed by atoms with E-state index in [0.717, 1.165) is 6.26 Å². The molecule has 0 aliphatic rings. The summed E-state index contributed by atoms with van der Waals surface area (Å²) in [6.07, 6.45) is 1.05. The summed E-state index contributed by atoms with van der Waals surface area (Å²) in [4.78, 5) is 14.4. The summed E-state index contributed by atoms with van der Waals surface area (Å²) in [5.74, 6) is -1.03. The lowest BCUT2D eigenvalue weighted by Gasteiger charge is -2.00. The van der Waals surface area contributed by atoms with E-state index in [2.05, 4.69) is 4.98 Å². The van der Waals surface area contributed by atoms with E-state index in [-0.39, 0.29) is 16.6 Å². The highest BCUT2D eigenvalue weighted by atomic mass is 35.5. The summed E-state index contributed by atoms with van der Waals surface area (Å²) in [5, 5.41) is 9.32. The Morgan fingerprint density at radius 1 is 1.38 bits per heavy atom. The Kier molecular flexibility index (Phi) is 2.85. The minimum absolute atomic E-state index is 0.130. The van der Waals surface area contributed by atoms with Gasteiger partial charge in [-0.05, 0) is 12.1 Å². The molecular formula is C10H5Cl2NO3. The summed E-state index contributed by atoms with van der Waals surface area (Å²) in [6.45, 7) is 0. The van der Waals surface area contributed by atoms with Crippen molar-refractivity contribution in [2.24, 2.45) is 0 Å². The second-order valence-corrected chi connectivity index (χ2v) is 3.73. The molecule has 0 atom stereocenters. The van der Waals surface area contributed by atoms with E-state index in [1.165, 1.54) is 0 Å². The molecular weight excluding hydrogens is 253 g/mol. The first-order valence-electron chi connectivity index (χ1n) is 4.23. The molecule has 0 fully saturated rings. The molecule has 1 N–H and O–H groups in total. The van der Waals surface area contributed by atoms with Crippen LogP contribution in [0.2, 0.25) is 10.0 Å². The van der Waals surface area contributed by atoms with Crippen molar-refractivity contribution in [2.75, 3.05) is 0 Å². The van der Waals surface area contributed by atoms with E-state index in [1.54, 1.807) is 18.2 Å². The number of aromatic carboxylic acids is 1. The van der Waals surface area contributed by atoms with Gasteiger partial charge in [-0.2, -0.15) is 0 Å². The Labute approximate surface area is 100 Å². The van der Waals surface area contributed by atoms with Crippen molar-refractivity contribution in [2.45, 2.75) is 0 Å². The Morgan fingerprint density at radius 2 is 2.12 bits per heavy atom. The molecule has 1 aromatic carbocycles. The fraction of sp³-hybridized carbons (Fsp3) is 0. The predicted molar refractivity (Wildman–Crippen MR) is 58.9 cm³/mol. The molecule has 82 valence electrons. The highest BCUT2D eigenvalue weighted by molar-refractivity contribution is 6.43. The van der Waals surface area contributed by atoms with Crippen molar-refractivity contribution in [3.8, 4) is 11.5 Å². The minimum Gasteiger partial charge on any atom is -0.476 e. The number of carboxylic acids is 1. The topological polar surface area (TPSA) is 63.3 Å². The van der Waals surface area contributed by atoms with Gasteiger partial charge in [-0.15, -0.1) is 0 Å². The quantitative estimate of drug-likeness (QED) is 0.897. The number of hydrogen-bond acceptors (Lipinski definition) is 3. The lowest BCUT2D eigenvalue weighted by Crippen LogP contribution is -1.95. The first-order chi connectivity index (χ1) is 7.59. The molecule has 0 saturated heterocycles. The third-order valence-corrected chi connectivity index (χ3v) is 2.72. The molecule has 2 aromatic rings. The lowest BCUT2D eigenvalue weighted by atomic mass is 10.2. The van der Waals surface area contributed by atoms with Crippen molar-refractivity contribution in [1.82, 2.24) is 4.98 Å². The maximum absolute atomic E-state index is 10.6. The van der Waals surface area contributed by atoms with E-state index >= 15 is 0 Å². The smallest absolute Gasteiger partial charge is 0.357 e. The monoisotopic (exact) mass is 257 g/mol. The largest absolute Gasteiger partial charge is 0.476 e. The summed E-state index contributed by atoms with van der Waals surface area (Å²) in [7, 11) is 0. The van der Waals surface area contributed by atoms with Crippen molar-refractivity contribution in [1.29, 1.82) is 0 Å². The SMILES string of the molecule is O=C(O)c1coc(-c2cccc(Cl)c2Cl)n1. The van der Waals surface area contributed by atoms with Crippen LogP contribution in [0.1, 0.15) is 10.5 Å². The van der Waals surface area contributed by atoms with Gasteiger partial charge in [-0.25, -0.2) is 9.78 Å². The summed E-state index contributed by atoms with van der Waals surface area (Å²) in [6, 6.07) is 4.94. The van der Waals surface area contributed by atoms with E-state index in [1.807, 2.05) is 0 Å². The van der Waals surface area contributed by atoms with Gasteiger partial charge in [0.1, 0.15) is 6.26 Å². The Morgan fingerprint density at radius 3 is 2.75 bits per heavy atom. The number of carboxylic acid groups (broad SMARTS) is 1. The van der Waals surface area contributed by atoms with Crippen LogP contribution in [-0.4, -0.2) is 16.1 Å². The van der Waals surface area contributed by atoms with Gasteiger partial charge in [0.2, 0.25) is 5.89 Å². The zero-order chi connectivity index (χ0) is 11.7. The maximum Gasteiger partial charge on any atom is 0.357 e. The molecule has 0 spiro atoms. The number of benzene rings is 1. The molecule has 2 rings (SSSR count). The average Bonchev–Trinajstić information content (AvgIpc) is 2.71. The van der Waals surface area contributed by atoms with Crippen molar-refractivity contribution in [3.63, 3.8) is 0 Å². The van der Waals surface area contributed by atoms with Crippen molar-refractivity contribution in [3.05, 3.63) is 40.2 Å². The van der Waals surface area contributed by atoms with Gasteiger partial charge in [-0.3, -0.25) is 0 Å². The van der Waals surface area contributed by atoms with Crippen LogP contribution in [0.15, 0.2) is 28.9 Å². The lowest BCUT2D eigenvalue weighted by molar-refractivity contribution is 0.0690. The third-order valence-electron chi connectivity index (χ3n) is 1.91. The van der Waals surface area contributed by atoms with Crippen LogP contribution in [0.25, 0.3) is 11.5 Å². The number of rotatable bonds is 2. The highest BCUT2D eigenvalue weighted by Gasteiger charge is 2.15. The Hall–Kier alpha value is -1.52. The van der Waals surface area contributed by atoms with E-state index in [0.29, 0.717) is 10.6 Å². The molecule has 6 heteroatoms. The second kappa shape index (κ2) is 4.15. The predicted octanol–water partition coefficient (Wildman–Crippen LogP) is 3.35. The Bertz CT molecular complexity index is 551. The number of oxazole rings is 1. The molecule has 1 aromatic heterocycles. The fourth-order valence-electron chi connectivity index (χ4n) is 1.16. The highest BCUT2D eigenvalue weighted by Crippen LogP contribution is 2.32. The van der Waals surface area contributed by atoms with Crippen LogP contribution >= 0.6 is 23.2 Å². The van der Waals surface area contributed by atoms with Crippen LogP contribution in [0, 0.1) is 0 Å². The molecule has 0 unspecified atom stereocenters. The van der Waals surface area contributed by atoms with Crippen LogP contribution in [0.3, 0.4) is 0 Å². The number of nitrogens with zero attached hydrogens (tertiary/aromatic N) is 1. The van der Waals surface area contributed by atoms with E-state index in [9.17, 15) is 4.79 Å². The number of hydrogen-bond donors (Lipinski definition) is 1. The zero-order valence-electron chi connectivity index (χ0n) is 7.78. The summed E-state index contributed by atoms with van der Waals surface area (Å²) >= 11 is 11.8. The zero-order valence-corrected chi connectivity index (χ0v) is 9.29. The van der Waals surface area contributed by atoms with Crippen LogP contribution in [0.4, 0.5) is 0 Å². The summed E-state index contributed by atoms with van der Waals surface area (Å²) < 4.78 is 5.01. The molecule has 0 radical (unpaired) electrons. The van der Waals surface area contributed by atoms with Crippen molar-refractivity contribution >= 4 is 29.2 Å². The normalized spacial score (nSPS) is 10.4. The van der Waals surface area contributed by atoms with Gasteiger partial charge in [0, 0.05) is 0 Å². The molecule has 0 aliphatic carbocycles. The molecule has 1 heterocycles. The van der Waals surface area contributed by atoms with Gasteiger partial charge in [0.05, 0.1) is 15.6 Å². The van der Waals surface area contributed by atoms with E-state index < -0.39 is 5.97 Å². The van der Waals surface area contributed by atoms with Gasteiger partial charge < -0.3 is 9.52 Å². The Balaban J connectivity index is 2.50. The average molecular weight is 258 g/mol. The molecule has 0 bridgehead atoms. The summed E-state index contributed by atoms with van der Waals surface area (Å²) in [5.41, 5.74) is 0.285. The molecule has 0 aliphatic heterocycles. The third kappa shape index (κ3) is 1.89. The number of halogens is 2. The van der Waals surface area contributed by atoms with Gasteiger partial charge in [-0.1, -0.05) is 29.3 Å². The second-order valence-electron chi connectivity index (χ2n) is 2.94. The molecule has 4 nitrogen and oxygen atoms in total. The fourth-order valence-corrected chi connectivity index (χ4v) is 1.55. The molecule has 0 amide bonds. The molecule has 0 saturated carbocycles. The van der Waals surface area contributed by atoms with Crippen LogP contribution in [-0.2, 0) is 0 Å². The number of aromatic nitrogens is 1. The van der Waals surface area contributed by atoms with Gasteiger partial charge >= 0.3 is 5.97 Å².